The molecule has 6 heteroatoms. The summed E-state index contributed by atoms with van der Waals surface area (Å²) in [5.74, 6) is 1.38. The zero-order valence-electron chi connectivity index (χ0n) is 13.6. The van der Waals surface area contributed by atoms with Crippen LogP contribution in [0.25, 0.3) is 0 Å². The normalized spacial score (nSPS) is 11.3. The van der Waals surface area contributed by atoms with Crippen molar-refractivity contribution in [3.05, 3.63) is 52.3 Å². The van der Waals surface area contributed by atoms with Crippen molar-refractivity contribution in [2.75, 3.05) is 14.2 Å². The third-order valence-electron chi connectivity index (χ3n) is 3.23. The number of rotatable bonds is 6. The van der Waals surface area contributed by atoms with E-state index in [4.69, 9.17) is 25.9 Å². The maximum absolute atomic E-state index is 6.03. The minimum absolute atomic E-state index is 0.226. The van der Waals surface area contributed by atoms with Gasteiger partial charge in [0.05, 0.1) is 25.5 Å². The number of aryl methyl sites for hydroxylation is 1. The number of benzene rings is 1. The van der Waals surface area contributed by atoms with Gasteiger partial charge in [-0.25, -0.2) is 0 Å². The number of hydrogen-bond donors (Lipinski definition) is 0. The van der Waals surface area contributed by atoms with Gasteiger partial charge < -0.3 is 14.3 Å². The van der Waals surface area contributed by atoms with Crippen molar-refractivity contribution < 1.29 is 14.3 Å². The highest BCUT2D eigenvalue weighted by Crippen LogP contribution is 2.28. The summed E-state index contributed by atoms with van der Waals surface area (Å²) in [6, 6.07) is 9.09. The SMILES string of the molecule is COc1cccc(OC)c1CO/N=C(\C)c1cc(Cl)cc(C)n1. The average molecular weight is 335 g/mol. The van der Waals surface area contributed by atoms with Gasteiger partial charge in [0, 0.05) is 10.7 Å². The van der Waals surface area contributed by atoms with Crippen LogP contribution in [0.4, 0.5) is 0 Å². The zero-order valence-corrected chi connectivity index (χ0v) is 14.3. The van der Waals surface area contributed by atoms with E-state index in [2.05, 4.69) is 10.1 Å². The molecule has 0 fully saturated rings. The lowest BCUT2D eigenvalue weighted by molar-refractivity contribution is 0.126. The topological polar surface area (TPSA) is 52.9 Å². The van der Waals surface area contributed by atoms with E-state index in [0.29, 0.717) is 27.9 Å². The van der Waals surface area contributed by atoms with Crippen LogP contribution in [0.15, 0.2) is 35.5 Å². The number of hydrogen-bond acceptors (Lipinski definition) is 5. The first kappa shape index (κ1) is 17.1. The number of halogens is 1. The van der Waals surface area contributed by atoms with E-state index >= 15 is 0 Å². The first-order chi connectivity index (χ1) is 11.0. The van der Waals surface area contributed by atoms with Crippen LogP contribution in [0.1, 0.15) is 23.9 Å². The molecule has 0 aliphatic carbocycles. The number of pyridine rings is 1. The summed E-state index contributed by atoms with van der Waals surface area (Å²) in [4.78, 5) is 9.83. The summed E-state index contributed by atoms with van der Waals surface area (Å²) in [6.07, 6.45) is 0. The second-order valence-electron chi connectivity index (χ2n) is 4.90. The Balaban J connectivity index is 2.15. The third-order valence-corrected chi connectivity index (χ3v) is 3.45. The van der Waals surface area contributed by atoms with E-state index in [1.54, 1.807) is 26.4 Å². The van der Waals surface area contributed by atoms with Gasteiger partial charge in [-0.15, -0.1) is 0 Å². The Kier molecular flexibility index (Phi) is 5.82. The summed E-state index contributed by atoms with van der Waals surface area (Å²) in [5, 5.41) is 4.73. The Labute approximate surface area is 140 Å². The lowest BCUT2D eigenvalue weighted by Crippen LogP contribution is -2.02. The molecule has 0 unspecified atom stereocenters. The summed E-state index contributed by atoms with van der Waals surface area (Å²) in [6.45, 7) is 3.92. The van der Waals surface area contributed by atoms with Gasteiger partial charge >= 0.3 is 0 Å². The second kappa shape index (κ2) is 7.83. The molecule has 1 aromatic carbocycles. The molecule has 0 aliphatic heterocycles. The van der Waals surface area contributed by atoms with E-state index in [9.17, 15) is 0 Å². The molecule has 0 bridgehead atoms. The average Bonchev–Trinajstić information content (AvgIpc) is 2.53. The van der Waals surface area contributed by atoms with Gasteiger partial charge in [0.1, 0.15) is 23.8 Å². The van der Waals surface area contributed by atoms with Crippen molar-refractivity contribution >= 4 is 17.3 Å². The predicted octanol–water partition coefficient (Wildman–Crippen LogP) is 4.00. The predicted molar refractivity (Wildman–Crippen MR) is 90.5 cm³/mol. The lowest BCUT2D eigenvalue weighted by Gasteiger charge is -2.12. The van der Waals surface area contributed by atoms with Crippen molar-refractivity contribution in [2.45, 2.75) is 20.5 Å². The first-order valence-corrected chi connectivity index (χ1v) is 7.44. The van der Waals surface area contributed by atoms with E-state index in [1.807, 2.05) is 32.0 Å². The van der Waals surface area contributed by atoms with E-state index in [1.165, 1.54) is 0 Å². The Hall–Kier alpha value is -2.27. The number of nitrogens with zero attached hydrogens (tertiary/aromatic N) is 2. The van der Waals surface area contributed by atoms with Crippen molar-refractivity contribution in [3.8, 4) is 11.5 Å². The van der Waals surface area contributed by atoms with Crippen molar-refractivity contribution in [1.82, 2.24) is 4.98 Å². The standard InChI is InChI=1S/C17H19ClN2O3/c1-11-8-13(18)9-15(19-11)12(2)20-23-10-14-16(21-3)6-5-7-17(14)22-4/h5-9H,10H2,1-4H3/b20-12+. The highest BCUT2D eigenvalue weighted by atomic mass is 35.5. The summed E-state index contributed by atoms with van der Waals surface area (Å²) < 4.78 is 10.6. The maximum atomic E-state index is 6.03. The number of ether oxygens (including phenoxy) is 2. The van der Waals surface area contributed by atoms with Crippen LogP contribution in [-0.4, -0.2) is 24.9 Å². The molecule has 0 saturated heterocycles. The lowest BCUT2D eigenvalue weighted by atomic mass is 10.2. The molecule has 0 spiro atoms. The highest BCUT2D eigenvalue weighted by Gasteiger charge is 2.10. The van der Waals surface area contributed by atoms with Crippen LogP contribution in [0.3, 0.4) is 0 Å². The summed E-state index contributed by atoms with van der Waals surface area (Å²) in [7, 11) is 3.21. The first-order valence-electron chi connectivity index (χ1n) is 7.06. The van der Waals surface area contributed by atoms with Gasteiger partial charge in [-0.1, -0.05) is 22.8 Å². The highest BCUT2D eigenvalue weighted by molar-refractivity contribution is 6.31. The smallest absolute Gasteiger partial charge is 0.149 e. The Morgan fingerprint density at radius 2 is 1.83 bits per heavy atom. The molecule has 0 saturated carbocycles. The maximum Gasteiger partial charge on any atom is 0.149 e. The van der Waals surface area contributed by atoms with Crippen molar-refractivity contribution in [3.63, 3.8) is 0 Å². The second-order valence-corrected chi connectivity index (χ2v) is 5.34. The molecule has 122 valence electrons. The Bertz CT molecular complexity index is 674. The van der Waals surface area contributed by atoms with E-state index < -0.39 is 0 Å². The number of methoxy groups -OCH3 is 2. The van der Waals surface area contributed by atoms with Crippen LogP contribution < -0.4 is 9.47 Å². The molecule has 0 aliphatic rings. The van der Waals surface area contributed by atoms with Gasteiger partial charge in [0.15, 0.2) is 0 Å². The molecule has 0 radical (unpaired) electrons. The van der Waals surface area contributed by atoms with Crippen LogP contribution >= 0.6 is 11.6 Å². The molecule has 2 rings (SSSR count). The third kappa shape index (κ3) is 4.36. The molecular formula is C17H19ClN2O3. The van der Waals surface area contributed by atoms with Gasteiger partial charge in [-0.05, 0) is 38.1 Å². The fourth-order valence-electron chi connectivity index (χ4n) is 2.12. The molecule has 5 nitrogen and oxygen atoms in total. The quantitative estimate of drug-likeness (QED) is 0.592. The van der Waals surface area contributed by atoms with E-state index in [-0.39, 0.29) is 6.61 Å². The van der Waals surface area contributed by atoms with Crippen LogP contribution in [0.5, 0.6) is 11.5 Å². The fourth-order valence-corrected chi connectivity index (χ4v) is 2.38. The zero-order chi connectivity index (χ0) is 16.8. The number of aromatic nitrogens is 1. The van der Waals surface area contributed by atoms with Gasteiger partial charge in [0.2, 0.25) is 0 Å². The van der Waals surface area contributed by atoms with Crippen molar-refractivity contribution in [2.24, 2.45) is 5.16 Å². The molecule has 0 amide bonds. The van der Waals surface area contributed by atoms with Gasteiger partial charge in [-0.2, -0.15) is 0 Å². The number of oxime groups is 1. The molecule has 1 heterocycles. The largest absolute Gasteiger partial charge is 0.496 e. The van der Waals surface area contributed by atoms with Gasteiger partial charge in [0.25, 0.3) is 0 Å². The molecule has 23 heavy (non-hydrogen) atoms. The molecule has 0 N–H and O–H groups in total. The van der Waals surface area contributed by atoms with Crippen molar-refractivity contribution in [1.29, 1.82) is 0 Å². The monoisotopic (exact) mass is 334 g/mol. The summed E-state index contributed by atoms with van der Waals surface area (Å²) >= 11 is 6.03. The van der Waals surface area contributed by atoms with Crippen LogP contribution in [-0.2, 0) is 11.4 Å². The van der Waals surface area contributed by atoms with Crippen LogP contribution in [0, 0.1) is 6.92 Å². The molecule has 2 aromatic rings. The Morgan fingerprint density at radius 1 is 1.17 bits per heavy atom. The van der Waals surface area contributed by atoms with Crippen LogP contribution in [0.2, 0.25) is 5.02 Å². The molecule has 1 aromatic heterocycles. The van der Waals surface area contributed by atoms with Gasteiger partial charge in [-0.3, -0.25) is 4.98 Å². The minimum Gasteiger partial charge on any atom is -0.496 e. The van der Waals surface area contributed by atoms with E-state index in [0.717, 1.165) is 11.3 Å². The molecular weight excluding hydrogens is 316 g/mol. The fraction of sp³-hybridized carbons (Fsp3) is 0.294. The summed E-state index contributed by atoms with van der Waals surface area (Å²) in [5.41, 5.74) is 2.95. The Morgan fingerprint density at radius 3 is 2.39 bits per heavy atom. The minimum atomic E-state index is 0.226. The molecule has 0 atom stereocenters.